The lowest BCUT2D eigenvalue weighted by molar-refractivity contribution is -0.120. The van der Waals surface area contributed by atoms with Crippen LogP contribution >= 0.6 is 0 Å². The molecule has 4 amide bonds. The summed E-state index contributed by atoms with van der Waals surface area (Å²) in [5.74, 6) is -0.618. The van der Waals surface area contributed by atoms with Crippen LogP contribution in [-0.2, 0) is 16.0 Å². The van der Waals surface area contributed by atoms with Crippen molar-refractivity contribution in [2.45, 2.75) is 44.4 Å². The number of para-hydroxylation sites is 2. The largest absolute Gasteiger partial charge is 0.376 e. The number of hydrogen-bond donors (Lipinski definition) is 2. The van der Waals surface area contributed by atoms with E-state index in [0.29, 0.717) is 30.8 Å². The Morgan fingerprint density at radius 1 is 1.15 bits per heavy atom. The van der Waals surface area contributed by atoms with Crippen LogP contribution < -0.4 is 10.2 Å². The fourth-order valence-electron chi connectivity index (χ4n) is 5.55. The van der Waals surface area contributed by atoms with Crippen LogP contribution in [0.5, 0.6) is 0 Å². The van der Waals surface area contributed by atoms with Gasteiger partial charge in [-0.2, -0.15) is 0 Å². The lowest BCUT2D eigenvalue weighted by atomic mass is 9.93. The van der Waals surface area contributed by atoms with Crippen molar-refractivity contribution >= 4 is 34.4 Å². The first-order valence-electron chi connectivity index (χ1n) is 11.8. The van der Waals surface area contributed by atoms with Crippen LogP contribution in [0, 0.1) is 0 Å². The normalized spacial score (nSPS) is 24.0. The van der Waals surface area contributed by atoms with Crippen molar-refractivity contribution in [2.24, 2.45) is 0 Å². The van der Waals surface area contributed by atoms with Gasteiger partial charge < -0.3 is 19.9 Å². The first-order valence-corrected chi connectivity index (χ1v) is 11.8. The fourth-order valence-corrected chi connectivity index (χ4v) is 5.55. The molecule has 2 saturated heterocycles. The minimum absolute atomic E-state index is 0.00447. The van der Waals surface area contributed by atoms with Gasteiger partial charge in [0, 0.05) is 36.2 Å². The molecule has 4 heterocycles. The SMILES string of the molecule is C[C@@H]1c2[nH]c3ccccc3c2C[C@H]2C(=O)N(c3ccccc3C(=O)NC[C@@H]3CCCO3)C(=O)N12. The van der Waals surface area contributed by atoms with Crippen LogP contribution in [0.15, 0.2) is 48.5 Å². The number of carbonyl (C=O) groups excluding carboxylic acids is 3. The van der Waals surface area contributed by atoms with E-state index >= 15 is 0 Å². The highest BCUT2D eigenvalue weighted by atomic mass is 16.5. The third kappa shape index (κ3) is 3.13. The average molecular weight is 459 g/mol. The van der Waals surface area contributed by atoms with Gasteiger partial charge in [-0.15, -0.1) is 0 Å². The van der Waals surface area contributed by atoms with Crippen molar-refractivity contribution in [3.63, 3.8) is 0 Å². The Labute approximate surface area is 196 Å². The number of benzene rings is 2. The van der Waals surface area contributed by atoms with E-state index in [-0.39, 0.29) is 24.0 Å². The molecule has 6 rings (SSSR count). The van der Waals surface area contributed by atoms with Gasteiger partial charge in [-0.25, -0.2) is 9.69 Å². The minimum atomic E-state index is -0.600. The Kier molecular flexibility index (Phi) is 4.91. The molecule has 0 radical (unpaired) electrons. The van der Waals surface area contributed by atoms with Crippen LogP contribution in [0.1, 0.15) is 47.4 Å². The Hall–Kier alpha value is -3.65. The van der Waals surface area contributed by atoms with E-state index in [1.54, 1.807) is 29.2 Å². The topological polar surface area (TPSA) is 94.7 Å². The van der Waals surface area contributed by atoms with Crippen molar-refractivity contribution in [3.05, 3.63) is 65.4 Å². The summed E-state index contributed by atoms with van der Waals surface area (Å²) < 4.78 is 5.59. The summed E-state index contributed by atoms with van der Waals surface area (Å²) in [6, 6.07) is 13.5. The van der Waals surface area contributed by atoms with E-state index in [0.717, 1.165) is 35.0 Å². The van der Waals surface area contributed by atoms with E-state index in [1.165, 1.54) is 4.90 Å². The van der Waals surface area contributed by atoms with E-state index in [1.807, 2.05) is 31.2 Å². The molecule has 0 unspecified atom stereocenters. The predicted octanol–water partition coefficient (Wildman–Crippen LogP) is 3.53. The molecule has 2 N–H and O–H groups in total. The number of nitrogens with one attached hydrogen (secondary N) is 2. The zero-order valence-corrected chi connectivity index (χ0v) is 18.9. The van der Waals surface area contributed by atoms with Crippen LogP contribution in [-0.4, -0.2) is 53.0 Å². The molecular weight excluding hydrogens is 432 g/mol. The van der Waals surface area contributed by atoms with Gasteiger partial charge >= 0.3 is 6.03 Å². The van der Waals surface area contributed by atoms with E-state index in [2.05, 4.69) is 10.3 Å². The number of H-pyrrole nitrogens is 1. The summed E-state index contributed by atoms with van der Waals surface area (Å²) in [7, 11) is 0. The maximum Gasteiger partial charge on any atom is 0.332 e. The summed E-state index contributed by atoms with van der Waals surface area (Å²) in [6.45, 7) is 3.05. The number of fused-ring (bicyclic) bond motifs is 4. The highest BCUT2D eigenvalue weighted by Gasteiger charge is 2.52. The first kappa shape index (κ1) is 20.9. The maximum absolute atomic E-state index is 13.6. The van der Waals surface area contributed by atoms with Crippen molar-refractivity contribution in [3.8, 4) is 0 Å². The molecule has 174 valence electrons. The van der Waals surface area contributed by atoms with E-state index in [9.17, 15) is 14.4 Å². The number of aromatic nitrogens is 1. The highest BCUT2D eigenvalue weighted by Crippen LogP contribution is 2.42. The van der Waals surface area contributed by atoms with Gasteiger partial charge in [0.2, 0.25) is 0 Å². The third-order valence-corrected chi connectivity index (χ3v) is 7.24. The second-order valence-corrected chi connectivity index (χ2v) is 9.18. The van der Waals surface area contributed by atoms with E-state index < -0.39 is 12.1 Å². The molecule has 0 saturated carbocycles. The standard InChI is InChI=1S/C26H26N4O4/c1-15-23-19(17-8-2-4-10-20(17)28-23)13-22-25(32)30(26(33)29(15)22)21-11-5-3-9-18(21)24(31)27-14-16-7-6-12-34-16/h2-5,8-11,15-16,22,28H,6-7,12-14H2,1H3,(H,27,31)/t15-,16+,22+/m1/s1. The Morgan fingerprint density at radius 3 is 2.76 bits per heavy atom. The maximum atomic E-state index is 13.6. The van der Waals surface area contributed by atoms with Gasteiger partial charge in [0.25, 0.3) is 11.8 Å². The molecule has 3 atom stereocenters. The average Bonchev–Trinajstić information content (AvgIpc) is 3.56. The van der Waals surface area contributed by atoms with Gasteiger partial charge in [-0.1, -0.05) is 30.3 Å². The highest BCUT2D eigenvalue weighted by molar-refractivity contribution is 6.24. The van der Waals surface area contributed by atoms with Crippen molar-refractivity contribution < 1.29 is 19.1 Å². The lowest BCUT2D eigenvalue weighted by Crippen LogP contribution is -2.42. The Balaban J connectivity index is 1.31. The molecule has 2 aromatic carbocycles. The van der Waals surface area contributed by atoms with Crippen LogP contribution in [0.2, 0.25) is 0 Å². The predicted molar refractivity (Wildman–Crippen MR) is 127 cm³/mol. The van der Waals surface area contributed by atoms with Gasteiger partial charge in [-0.05, 0) is 43.5 Å². The number of amides is 4. The summed E-state index contributed by atoms with van der Waals surface area (Å²) in [6.07, 6.45) is 2.34. The molecule has 0 aliphatic carbocycles. The zero-order chi connectivity index (χ0) is 23.4. The first-order chi connectivity index (χ1) is 16.5. The number of imide groups is 1. The molecule has 34 heavy (non-hydrogen) atoms. The Bertz CT molecular complexity index is 1310. The quantitative estimate of drug-likeness (QED) is 0.585. The number of aromatic amines is 1. The molecule has 1 aromatic heterocycles. The van der Waals surface area contributed by atoms with Crippen LogP contribution in [0.4, 0.5) is 10.5 Å². The molecule has 8 nitrogen and oxygen atoms in total. The minimum Gasteiger partial charge on any atom is -0.376 e. The zero-order valence-electron chi connectivity index (χ0n) is 18.9. The number of anilines is 1. The summed E-state index contributed by atoms with van der Waals surface area (Å²) >= 11 is 0. The van der Waals surface area contributed by atoms with Crippen molar-refractivity contribution in [1.29, 1.82) is 0 Å². The number of urea groups is 1. The summed E-state index contributed by atoms with van der Waals surface area (Å²) in [4.78, 5) is 46.5. The third-order valence-electron chi connectivity index (χ3n) is 7.24. The Morgan fingerprint density at radius 2 is 1.94 bits per heavy atom. The van der Waals surface area contributed by atoms with Crippen molar-refractivity contribution in [1.82, 2.24) is 15.2 Å². The van der Waals surface area contributed by atoms with Gasteiger partial charge in [-0.3, -0.25) is 9.59 Å². The summed E-state index contributed by atoms with van der Waals surface area (Å²) in [5.41, 5.74) is 3.67. The summed E-state index contributed by atoms with van der Waals surface area (Å²) in [5, 5.41) is 3.98. The smallest absolute Gasteiger partial charge is 0.332 e. The van der Waals surface area contributed by atoms with Gasteiger partial charge in [0.05, 0.1) is 23.4 Å². The number of ether oxygens (including phenoxy) is 1. The van der Waals surface area contributed by atoms with E-state index in [4.69, 9.17) is 4.74 Å². The number of carbonyl (C=O) groups is 3. The lowest BCUT2D eigenvalue weighted by Gasteiger charge is -2.33. The van der Waals surface area contributed by atoms with Crippen LogP contribution in [0.25, 0.3) is 10.9 Å². The second-order valence-electron chi connectivity index (χ2n) is 9.18. The van der Waals surface area contributed by atoms with Crippen molar-refractivity contribution in [2.75, 3.05) is 18.1 Å². The van der Waals surface area contributed by atoms with Gasteiger partial charge in [0.1, 0.15) is 6.04 Å². The number of rotatable bonds is 4. The van der Waals surface area contributed by atoms with Crippen LogP contribution in [0.3, 0.4) is 0 Å². The molecule has 3 aromatic rings. The fraction of sp³-hybridized carbons (Fsp3) is 0.346. The molecule has 3 aliphatic rings. The molecule has 2 fully saturated rings. The molecule has 8 heteroatoms. The second kappa shape index (κ2) is 7.99. The number of nitrogens with zero attached hydrogens (tertiary/aromatic N) is 2. The molecular formula is C26H26N4O4. The number of hydrogen-bond acceptors (Lipinski definition) is 4. The molecule has 0 spiro atoms. The molecule has 0 bridgehead atoms. The molecule has 3 aliphatic heterocycles. The monoisotopic (exact) mass is 458 g/mol. The van der Waals surface area contributed by atoms with Gasteiger partial charge in [0.15, 0.2) is 0 Å².